The van der Waals surface area contributed by atoms with Gasteiger partial charge in [0.05, 0.1) is 5.56 Å². The molecule has 5 nitrogen and oxygen atoms in total. The first-order valence-electron chi connectivity index (χ1n) is 5.28. The van der Waals surface area contributed by atoms with Crippen LogP contribution in [-0.4, -0.2) is 20.9 Å². The highest BCUT2D eigenvalue weighted by molar-refractivity contribution is 9.10. The van der Waals surface area contributed by atoms with Gasteiger partial charge in [-0.05, 0) is 41.1 Å². The van der Waals surface area contributed by atoms with Crippen LogP contribution < -0.4 is 5.32 Å². The number of nitrogens with one attached hydrogen (secondary N) is 1. The Labute approximate surface area is 113 Å². The van der Waals surface area contributed by atoms with Crippen molar-refractivity contribution in [3.63, 3.8) is 0 Å². The molecule has 2 N–H and O–H groups in total. The minimum Gasteiger partial charge on any atom is -0.478 e. The lowest BCUT2D eigenvalue weighted by atomic mass is 10.2. The first kappa shape index (κ1) is 12.6. The first-order chi connectivity index (χ1) is 8.47. The van der Waals surface area contributed by atoms with Crippen molar-refractivity contribution in [1.29, 1.82) is 0 Å². The summed E-state index contributed by atoms with van der Waals surface area (Å²) < 4.78 is 2.30. The van der Waals surface area contributed by atoms with Crippen LogP contribution in [0.25, 0.3) is 0 Å². The van der Waals surface area contributed by atoms with Gasteiger partial charge < -0.3 is 10.4 Å². The zero-order valence-corrected chi connectivity index (χ0v) is 11.5. The van der Waals surface area contributed by atoms with Gasteiger partial charge >= 0.3 is 5.97 Å². The summed E-state index contributed by atoms with van der Waals surface area (Å²) in [6, 6.07) is 6.88. The molecule has 0 unspecified atom stereocenters. The lowest BCUT2D eigenvalue weighted by molar-refractivity contribution is 0.0696. The van der Waals surface area contributed by atoms with Crippen molar-refractivity contribution in [3.8, 4) is 0 Å². The number of carbonyl (C=O) groups is 1. The minimum atomic E-state index is -0.956. The molecule has 0 spiro atoms. The molecule has 0 aliphatic heterocycles. The molecule has 18 heavy (non-hydrogen) atoms. The lowest BCUT2D eigenvalue weighted by Crippen LogP contribution is -1.99. The summed E-state index contributed by atoms with van der Waals surface area (Å²) in [4.78, 5) is 10.9. The fraction of sp³-hybridized carbons (Fsp3) is 0.167. The van der Waals surface area contributed by atoms with Gasteiger partial charge in [-0.25, -0.2) is 4.79 Å². The van der Waals surface area contributed by atoms with Gasteiger partial charge in [0.1, 0.15) is 0 Å². The number of aromatic carboxylic acids is 1. The van der Waals surface area contributed by atoms with Crippen LogP contribution in [0.3, 0.4) is 0 Å². The molecule has 0 aliphatic carbocycles. The van der Waals surface area contributed by atoms with Crippen LogP contribution in [0.5, 0.6) is 0 Å². The van der Waals surface area contributed by atoms with Crippen LogP contribution in [0.2, 0.25) is 0 Å². The maximum Gasteiger partial charge on any atom is 0.336 e. The van der Waals surface area contributed by atoms with Gasteiger partial charge in [0.25, 0.3) is 0 Å². The molecule has 2 aromatic rings. The normalized spacial score (nSPS) is 10.4. The number of carboxylic acid groups (broad SMARTS) is 1. The summed E-state index contributed by atoms with van der Waals surface area (Å²) in [5.74, 6) is -0.230. The highest BCUT2D eigenvalue weighted by atomic mass is 79.9. The smallest absolute Gasteiger partial charge is 0.336 e. The van der Waals surface area contributed by atoms with Gasteiger partial charge in [-0.1, -0.05) is 0 Å². The van der Waals surface area contributed by atoms with E-state index in [9.17, 15) is 4.79 Å². The quantitative estimate of drug-likeness (QED) is 0.914. The lowest BCUT2D eigenvalue weighted by Gasteiger charge is -2.05. The summed E-state index contributed by atoms with van der Waals surface area (Å²) in [5.41, 5.74) is 2.06. The molecule has 6 heteroatoms. The van der Waals surface area contributed by atoms with E-state index in [-0.39, 0.29) is 5.56 Å². The summed E-state index contributed by atoms with van der Waals surface area (Å²) in [5, 5.41) is 16.3. The van der Waals surface area contributed by atoms with E-state index in [0.717, 1.165) is 17.2 Å². The van der Waals surface area contributed by atoms with E-state index in [1.54, 1.807) is 22.9 Å². The Morgan fingerprint density at radius 1 is 1.44 bits per heavy atom. The zero-order chi connectivity index (χ0) is 13.3. The summed E-state index contributed by atoms with van der Waals surface area (Å²) in [6.07, 6.45) is 0. The third-order valence-electron chi connectivity index (χ3n) is 2.59. The van der Waals surface area contributed by atoms with Crippen LogP contribution in [0.1, 0.15) is 16.1 Å². The average Bonchev–Trinajstić information content (AvgIpc) is 2.57. The molecule has 94 valence electrons. The Hall–Kier alpha value is -1.82. The van der Waals surface area contributed by atoms with Crippen LogP contribution in [0, 0.1) is 6.92 Å². The average molecular weight is 310 g/mol. The highest BCUT2D eigenvalue weighted by Gasteiger charge is 2.09. The summed E-state index contributed by atoms with van der Waals surface area (Å²) >= 11 is 3.23. The van der Waals surface area contributed by atoms with Crippen LogP contribution >= 0.6 is 15.9 Å². The third-order valence-corrected chi connectivity index (χ3v) is 3.24. The maximum absolute atomic E-state index is 10.9. The molecule has 0 aliphatic rings. The predicted molar refractivity (Wildman–Crippen MR) is 72.3 cm³/mol. The molecule has 0 bridgehead atoms. The fourth-order valence-corrected chi connectivity index (χ4v) is 2.08. The van der Waals surface area contributed by atoms with Gasteiger partial charge in [0.15, 0.2) is 5.82 Å². The topological polar surface area (TPSA) is 67.2 Å². The van der Waals surface area contributed by atoms with Crippen LogP contribution in [-0.2, 0) is 7.05 Å². The number of hydrogen-bond acceptors (Lipinski definition) is 3. The second kappa shape index (κ2) is 4.81. The molecule has 0 saturated heterocycles. The van der Waals surface area contributed by atoms with Crippen molar-refractivity contribution in [1.82, 2.24) is 9.78 Å². The SMILES string of the molecule is Cc1cc(Nc2ccc(C(=O)O)c(Br)c2)nn1C. The predicted octanol–water partition coefficient (Wildman–Crippen LogP) is 2.93. The van der Waals surface area contributed by atoms with Crippen molar-refractivity contribution in [2.45, 2.75) is 6.92 Å². The number of hydrogen-bond donors (Lipinski definition) is 2. The Bertz CT molecular complexity index is 588. The van der Waals surface area contributed by atoms with Gasteiger partial charge in [-0.3, -0.25) is 4.68 Å². The molecule has 0 saturated carbocycles. The van der Waals surface area contributed by atoms with Gasteiger partial charge in [-0.2, -0.15) is 5.10 Å². The molecule has 0 amide bonds. The van der Waals surface area contributed by atoms with Crippen LogP contribution in [0.4, 0.5) is 11.5 Å². The first-order valence-corrected chi connectivity index (χ1v) is 6.07. The molecule has 0 fully saturated rings. The van der Waals surface area contributed by atoms with Gasteiger partial charge in [0, 0.05) is 29.0 Å². The van der Waals surface area contributed by atoms with E-state index in [4.69, 9.17) is 5.11 Å². The van der Waals surface area contributed by atoms with E-state index >= 15 is 0 Å². The van der Waals surface area contributed by atoms with Crippen LogP contribution in [0.15, 0.2) is 28.7 Å². The number of aryl methyl sites for hydroxylation is 2. The Kier molecular flexibility index (Phi) is 3.38. The number of anilines is 2. The molecule has 2 rings (SSSR count). The molecule has 1 heterocycles. The van der Waals surface area contributed by atoms with Crippen molar-refractivity contribution in [2.75, 3.05) is 5.32 Å². The Morgan fingerprint density at radius 3 is 2.67 bits per heavy atom. The van der Waals surface area contributed by atoms with Gasteiger partial charge in [-0.15, -0.1) is 0 Å². The molecular weight excluding hydrogens is 298 g/mol. The maximum atomic E-state index is 10.9. The van der Waals surface area contributed by atoms with E-state index in [2.05, 4.69) is 26.3 Å². The van der Waals surface area contributed by atoms with Crippen molar-refractivity contribution in [3.05, 3.63) is 40.0 Å². The number of halogens is 1. The number of nitrogens with zero attached hydrogens (tertiary/aromatic N) is 2. The van der Waals surface area contributed by atoms with Crippen molar-refractivity contribution >= 4 is 33.4 Å². The molecular formula is C12H12BrN3O2. The zero-order valence-electron chi connectivity index (χ0n) is 9.94. The number of carboxylic acids is 1. The fourth-order valence-electron chi connectivity index (χ4n) is 1.54. The van der Waals surface area contributed by atoms with Crippen molar-refractivity contribution < 1.29 is 9.90 Å². The highest BCUT2D eigenvalue weighted by Crippen LogP contribution is 2.24. The van der Waals surface area contributed by atoms with Gasteiger partial charge in [0.2, 0.25) is 0 Å². The summed E-state index contributed by atoms with van der Waals surface area (Å²) in [7, 11) is 1.87. The monoisotopic (exact) mass is 309 g/mol. The molecule has 0 radical (unpaired) electrons. The van der Waals surface area contributed by atoms with E-state index < -0.39 is 5.97 Å². The third kappa shape index (κ3) is 2.53. The number of aromatic nitrogens is 2. The molecule has 0 atom stereocenters. The number of benzene rings is 1. The summed E-state index contributed by atoms with van der Waals surface area (Å²) in [6.45, 7) is 1.96. The Morgan fingerprint density at radius 2 is 2.17 bits per heavy atom. The minimum absolute atomic E-state index is 0.234. The number of rotatable bonds is 3. The van der Waals surface area contributed by atoms with E-state index in [0.29, 0.717) is 4.47 Å². The standard InChI is InChI=1S/C12H12BrN3O2/c1-7-5-11(15-16(7)2)14-8-3-4-9(12(17)18)10(13)6-8/h3-6H,1-2H3,(H,14,15)(H,17,18). The Balaban J connectivity index is 2.25. The molecule has 1 aromatic carbocycles. The van der Waals surface area contributed by atoms with E-state index in [1.165, 1.54) is 0 Å². The second-order valence-electron chi connectivity index (χ2n) is 3.92. The second-order valence-corrected chi connectivity index (χ2v) is 4.77. The van der Waals surface area contributed by atoms with Crippen molar-refractivity contribution in [2.24, 2.45) is 7.05 Å². The van der Waals surface area contributed by atoms with E-state index in [1.807, 2.05) is 20.0 Å². The largest absolute Gasteiger partial charge is 0.478 e. The molecule has 1 aromatic heterocycles.